The molecule has 4 aromatic rings. The van der Waals surface area contributed by atoms with Gasteiger partial charge in [0.15, 0.2) is 17.2 Å². The first-order valence-electron chi connectivity index (χ1n) is 12.6. The van der Waals surface area contributed by atoms with Crippen LogP contribution in [-0.4, -0.2) is 48.1 Å². The molecule has 2 aromatic heterocycles. The Kier molecular flexibility index (Phi) is 8.82. The molecule has 0 aliphatic heterocycles. The maximum Gasteiger partial charge on any atom is 0.359 e. The molecule has 0 saturated heterocycles. The fourth-order valence-electron chi connectivity index (χ4n) is 3.88. The number of hydrogen-bond donors (Lipinski definition) is 1. The van der Waals surface area contributed by atoms with Gasteiger partial charge in [-0.3, -0.25) is 9.59 Å². The van der Waals surface area contributed by atoms with E-state index in [1.807, 2.05) is 20.8 Å². The van der Waals surface area contributed by atoms with E-state index in [4.69, 9.17) is 18.9 Å². The molecule has 1 N–H and O–H groups in total. The van der Waals surface area contributed by atoms with E-state index >= 15 is 0 Å². The van der Waals surface area contributed by atoms with E-state index in [-0.39, 0.29) is 22.7 Å². The van der Waals surface area contributed by atoms with Crippen LogP contribution in [0.5, 0.6) is 17.2 Å². The van der Waals surface area contributed by atoms with Gasteiger partial charge in [0.05, 0.1) is 37.5 Å². The van der Waals surface area contributed by atoms with Crippen molar-refractivity contribution < 1.29 is 28.5 Å². The van der Waals surface area contributed by atoms with Gasteiger partial charge in [-0.1, -0.05) is 0 Å². The summed E-state index contributed by atoms with van der Waals surface area (Å²) < 4.78 is 23.0. The maximum atomic E-state index is 13.7. The minimum atomic E-state index is -0.675. The Labute approximate surface area is 229 Å². The number of ether oxygens (including phenoxy) is 4. The summed E-state index contributed by atoms with van der Waals surface area (Å²) in [5.74, 6) is 0.469. The normalized spacial score (nSPS) is 10.8. The Morgan fingerprint density at radius 2 is 1.59 bits per heavy atom. The number of nitrogens with one attached hydrogen (secondary N) is 1. The summed E-state index contributed by atoms with van der Waals surface area (Å²) in [6, 6.07) is 11.6. The van der Waals surface area contributed by atoms with Gasteiger partial charge >= 0.3 is 5.97 Å². The van der Waals surface area contributed by atoms with Crippen LogP contribution in [0.4, 0.5) is 5.00 Å². The monoisotopic (exact) mass is 551 g/mol. The van der Waals surface area contributed by atoms with Crippen molar-refractivity contribution in [1.29, 1.82) is 0 Å². The molecule has 1 amide bonds. The SMILES string of the molecule is CCOC(=O)c1nn(-c2ccc(OCC)cc2)c(=O)c2c(NC(=O)c3ccc(OCC)c(OCC)c3)scc12. The van der Waals surface area contributed by atoms with Crippen LogP contribution in [0.1, 0.15) is 48.5 Å². The lowest BCUT2D eigenvalue weighted by atomic mass is 10.1. The largest absolute Gasteiger partial charge is 0.494 e. The highest BCUT2D eigenvalue weighted by Gasteiger charge is 2.24. The summed E-state index contributed by atoms with van der Waals surface area (Å²) in [6.45, 7) is 8.73. The van der Waals surface area contributed by atoms with E-state index in [1.165, 1.54) is 0 Å². The number of thiophene rings is 1. The van der Waals surface area contributed by atoms with Crippen molar-refractivity contribution in [1.82, 2.24) is 9.78 Å². The standard InChI is InChI=1S/C28H29N3O7S/c1-5-35-19-12-10-18(11-13-19)31-27(33)23-20(24(30-31)28(34)38-8-4)16-39-26(23)29-25(32)17-9-14-21(36-6-2)22(15-17)37-7-3/h9-16H,5-8H2,1-4H3,(H,29,32). The second-order valence-electron chi connectivity index (χ2n) is 8.05. The average Bonchev–Trinajstić information content (AvgIpc) is 3.35. The van der Waals surface area contributed by atoms with Gasteiger partial charge in [0.25, 0.3) is 11.5 Å². The number of hydrogen-bond acceptors (Lipinski definition) is 9. The number of carbonyl (C=O) groups excluding carboxylic acids is 2. The van der Waals surface area contributed by atoms with Crippen LogP contribution in [0.25, 0.3) is 16.5 Å². The molecular formula is C28H29N3O7S. The molecule has 2 aromatic carbocycles. The lowest BCUT2D eigenvalue weighted by Gasteiger charge is -2.13. The van der Waals surface area contributed by atoms with Crippen molar-refractivity contribution >= 4 is 39.0 Å². The number of rotatable bonds is 11. The zero-order chi connectivity index (χ0) is 27.9. The summed E-state index contributed by atoms with van der Waals surface area (Å²) in [5, 5.41) is 9.47. The van der Waals surface area contributed by atoms with Gasteiger partial charge in [0, 0.05) is 16.3 Å². The molecule has 0 aliphatic carbocycles. The lowest BCUT2D eigenvalue weighted by Crippen LogP contribution is -2.25. The van der Waals surface area contributed by atoms with Crippen molar-refractivity contribution in [3.63, 3.8) is 0 Å². The number of carbonyl (C=O) groups is 2. The first-order valence-corrected chi connectivity index (χ1v) is 13.5. The summed E-state index contributed by atoms with van der Waals surface area (Å²) in [6.07, 6.45) is 0. The molecule has 0 saturated carbocycles. The summed E-state index contributed by atoms with van der Waals surface area (Å²) in [5.41, 5.74) is 0.208. The van der Waals surface area contributed by atoms with Crippen molar-refractivity contribution in [3.8, 4) is 22.9 Å². The van der Waals surface area contributed by atoms with Crippen LogP contribution in [0.15, 0.2) is 52.6 Å². The molecule has 2 heterocycles. The molecule has 11 heteroatoms. The van der Waals surface area contributed by atoms with Crippen molar-refractivity contribution in [2.75, 3.05) is 31.7 Å². The molecule has 0 radical (unpaired) electrons. The lowest BCUT2D eigenvalue weighted by molar-refractivity contribution is 0.0520. The molecule has 4 rings (SSSR count). The second-order valence-corrected chi connectivity index (χ2v) is 8.93. The van der Waals surface area contributed by atoms with E-state index in [1.54, 1.807) is 54.8 Å². The van der Waals surface area contributed by atoms with Crippen LogP contribution < -0.4 is 25.1 Å². The third kappa shape index (κ3) is 5.88. The minimum Gasteiger partial charge on any atom is -0.494 e. The Morgan fingerprint density at radius 3 is 2.26 bits per heavy atom. The van der Waals surface area contributed by atoms with E-state index in [2.05, 4.69) is 10.4 Å². The fraction of sp³-hybridized carbons (Fsp3) is 0.286. The van der Waals surface area contributed by atoms with Gasteiger partial charge in [0.2, 0.25) is 0 Å². The number of aromatic nitrogens is 2. The quantitative estimate of drug-likeness (QED) is 0.257. The zero-order valence-corrected chi connectivity index (χ0v) is 22.9. The van der Waals surface area contributed by atoms with Gasteiger partial charge < -0.3 is 24.3 Å². The number of fused-ring (bicyclic) bond motifs is 1. The number of anilines is 1. The Morgan fingerprint density at radius 1 is 0.897 bits per heavy atom. The predicted molar refractivity (Wildman–Crippen MR) is 149 cm³/mol. The van der Waals surface area contributed by atoms with Crippen molar-refractivity contribution in [3.05, 3.63) is 69.5 Å². The van der Waals surface area contributed by atoms with Gasteiger partial charge in [-0.25, -0.2) is 4.79 Å². The zero-order valence-electron chi connectivity index (χ0n) is 22.1. The van der Waals surface area contributed by atoms with Crippen LogP contribution in [0.3, 0.4) is 0 Å². The van der Waals surface area contributed by atoms with Gasteiger partial charge in [-0.2, -0.15) is 9.78 Å². The minimum absolute atomic E-state index is 0.0308. The first-order chi connectivity index (χ1) is 18.9. The summed E-state index contributed by atoms with van der Waals surface area (Å²) in [4.78, 5) is 39.7. The molecule has 0 aliphatic rings. The topological polar surface area (TPSA) is 118 Å². The molecule has 0 fully saturated rings. The number of amides is 1. The van der Waals surface area contributed by atoms with Crippen molar-refractivity contribution in [2.45, 2.75) is 27.7 Å². The number of nitrogens with zero attached hydrogens (tertiary/aromatic N) is 2. The van der Waals surface area contributed by atoms with Gasteiger partial charge in [0.1, 0.15) is 10.8 Å². The summed E-state index contributed by atoms with van der Waals surface area (Å²) in [7, 11) is 0. The third-order valence-electron chi connectivity index (χ3n) is 5.55. The van der Waals surface area contributed by atoms with Crippen LogP contribution >= 0.6 is 11.3 Å². The maximum absolute atomic E-state index is 13.7. The fourth-order valence-corrected chi connectivity index (χ4v) is 4.82. The molecule has 39 heavy (non-hydrogen) atoms. The number of esters is 1. The molecule has 0 spiro atoms. The Bertz CT molecular complexity index is 1540. The highest BCUT2D eigenvalue weighted by atomic mass is 32.1. The molecule has 0 unspecified atom stereocenters. The van der Waals surface area contributed by atoms with Gasteiger partial charge in [-0.15, -0.1) is 11.3 Å². The summed E-state index contributed by atoms with van der Waals surface area (Å²) >= 11 is 1.12. The third-order valence-corrected chi connectivity index (χ3v) is 6.44. The molecule has 204 valence electrons. The van der Waals surface area contributed by atoms with Crippen molar-refractivity contribution in [2.24, 2.45) is 0 Å². The number of benzene rings is 2. The smallest absolute Gasteiger partial charge is 0.359 e. The van der Waals surface area contributed by atoms with E-state index in [0.29, 0.717) is 53.7 Å². The first kappa shape index (κ1) is 27.6. The Hall–Kier alpha value is -4.38. The predicted octanol–water partition coefficient (Wildman–Crippen LogP) is 5.07. The highest BCUT2D eigenvalue weighted by Crippen LogP contribution is 2.33. The van der Waals surface area contributed by atoms with Crippen LogP contribution in [0.2, 0.25) is 0 Å². The molecule has 0 bridgehead atoms. The molecule has 0 atom stereocenters. The van der Waals surface area contributed by atoms with E-state index in [9.17, 15) is 14.4 Å². The molecule has 10 nitrogen and oxygen atoms in total. The van der Waals surface area contributed by atoms with Crippen LogP contribution in [0, 0.1) is 0 Å². The highest BCUT2D eigenvalue weighted by molar-refractivity contribution is 7.16. The van der Waals surface area contributed by atoms with Gasteiger partial charge in [-0.05, 0) is 70.2 Å². The van der Waals surface area contributed by atoms with Crippen LogP contribution in [-0.2, 0) is 4.74 Å². The molecular weight excluding hydrogens is 522 g/mol. The average molecular weight is 552 g/mol. The van der Waals surface area contributed by atoms with E-state index in [0.717, 1.165) is 16.0 Å². The second kappa shape index (κ2) is 12.4. The Balaban J connectivity index is 1.78. The van der Waals surface area contributed by atoms with E-state index < -0.39 is 17.4 Å².